The van der Waals surface area contributed by atoms with Crippen LogP contribution < -0.4 is 10.6 Å². The normalized spacial score (nSPS) is 12.4. The summed E-state index contributed by atoms with van der Waals surface area (Å²) in [5.74, 6) is 0.616. The van der Waals surface area contributed by atoms with Crippen molar-refractivity contribution in [3.05, 3.63) is 17.5 Å². The van der Waals surface area contributed by atoms with Crippen LogP contribution in [0.3, 0.4) is 0 Å². The van der Waals surface area contributed by atoms with E-state index in [1.807, 2.05) is 20.2 Å². The number of rotatable bonds is 8. The van der Waals surface area contributed by atoms with Crippen LogP contribution in [0.15, 0.2) is 6.20 Å². The number of nitrogens with zero attached hydrogens (tertiary/aromatic N) is 2. The highest BCUT2D eigenvalue weighted by Crippen LogP contribution is 2.07. The van der Waals surface area contributed by atoms with Crippen LogP contribution in [-0.2, 0) is 16.0 Å². The van der Waals surface area contributed by atoms with Gasteiger partial charge in [0.1, 0.15) is 0 Å². The summed E-state index contributed by atoms with van der Waals surface area (Å²) in [7, 11) is 5.21. The molecule has 1 atom stereocenters. The highest BCUT2D eigenvalue weighted by Gasteiger charge is 2.08. The Morgan fingerprint density at radius 2 is 2.17 bits per heavy atom. The first-order valence-electron chi connectivity index (χ1n) is 5.94. The lowest BCUT2D eigenvalue weighted by Crippen LogP contribution is -2.27. The molecule has 102 valence electrons. The molecule has 0 amide bonds. The van der Waals surface area contributed by atoms with Crippen LogP contribution in [0.1, 0.15) is 11.3 Å². The van der Waals surface area contributed by atoms with Crippen molar-refractivity contribution in [2.24, 2.45) is 0 Å². The van der Waals surface area contributed by atoms with Crippen LogP contribution in [0.2, 0.25) is 0 Å². The second-order valence-electron chi connectivity index (χ2n) is 4.03. The molecule has 0 spiro atoms. The molecule has 0 saturated carbocycles. The largest absolute Gasteiger partial charge is 0.382 e. The Hall–Kier alpha value is -1.24. The van der Waals surface area contributed by atoms with Gasteiger partial charge in [0.25, 0.3) is 0 Å². The monoisotopic (exact) mass is 254 g/mol. The first kappa shape index (κ1) is 14.8. The highest BCUT2D eigenvalue weighted by atomic mass is 16.5. The van der Waals surface area contributed by atoms with Crippen molar-refractivity contribution < 1.29 is 9.47 Å². The predicted octanol–water partition coefficient (Wildman–Crippen LogP) is 0.578. The maximum absolute atomic E-state index is 5.25. The van der Waals surface area contributed by atoms with Crippen LogP contribution in [-0.4, -0.2) is 50.5 Å². The number of anilines is 1. The van der Waals surface area contributed by atoms with Crippen LogP contribution in [0.5, 0.6) is 0 Å². The summed E-state index contributed by atoms with van der Waals surface area (Å²) < 4.78 is 10.3. The Bertz CT molecular complexity index is 360. The number of hydrogen-bond donors (Lipinski definition) is 2. The molecule has 0 saturated heterocycles. The lowest BCUT2D eigenvalue weighted by Gasteiger charge is -2.15. The van der Waals surface area contributed by atoms with Gasteiger partial charge in [-0.15, -0.1) is 0 Å². The quantitative estimate of drug-likeness (QED) is 0.707. The van der Waals surface area contributed by atoms with E-state index in [1.54, 1.807) is 14.2 Å². The zero-order valence-electron chi connectivity index (χ0n) is 11.5. The van der Waals surface area contributed by atoms with Crippen LogP contribution >= 0.6 is 0 Å². The Morgan fingerprint density at radius 3 is 2.72 bits per heavy atom. The van der Waals surface area contributed by atoms with Gasteiger partial charge < -0.3 is 20.1 Å². The Labute approximate surface area is 108 Å². The van der Waals surface area contributed by atoms with E-state index in [4.69, 9.17) is 9.47 Å². The maximum Gasteiger partial charge on any atom is 0.222 e. The zero-order valence-corrected chi connectivity index (χ0v) is 11.5. The van der Waals surface area contributed by atoms with Crippen molar-refractivity contribution in [2.45, 2.75) is 19.6 Å². The van der Waals surface area contributed by atoms with Gasteiger partial charge in [-0.25, -0.2) is 9.97 Å². The van der Waals surface area contributed by atoms with E-state index in [0.717, 1.165) is 17.8 Å². The van der Waals surface area contributed by atoms with Crippen molar-refractivity contribution in [1.82, 2.24) is 15.3 Å². The van der Waals surface area contributed by atoms with E-state index in [0.29, 0.717) is 19.1 Å². The standard InChI is InChI=1S/C12H22N4O2/c1-9-10(5-13-2)6-14-12(16-9)15-7-11(18-4)8-17-3/h6,11,13H,5,7-8H2,1-4H3,(H,14,15,16). The molecule has 1 aromatic heterocycles. The van der Waals surface area contributed by atoms with E-state index in [2.05, 4.69) is 20.6 Å². The third-order valence-corrected chi connectivity index (χ3v) is 2.62. The molecule has 6 nitrogen and oxygen atoms in total. The highest BCUT2D eigenvalue weighted by molar-refractivity contribution is 5.29. The van der Waals surface area contributed by atoms with Crippen molar-refractivity contribution in [3.8, 4) is 0 Å². The first-order valence-corrected chi connectivity index (χ1v) is 5.94. The third-order valence-electron chi connectivity index (χ3n) is 2.62. The molecule has 18 heavy (non-hydrogen) atoms. The molecule has 0 fully saturated rings. The second kappa shape index (κ2) is 7.97. The zero-order chi connectivity index (χ0) is 13.4. The Morgan fingerprint density at radius 1 is 1.39 bits per heavy atom. The van der Waals surface area contributed by atoms with Crippen LogP contribution in [0.4, 0.5) is 5.95 Å². The third kappa shape index (κ3) is 4.56. The SMILES string of the molecule is CNCc1cnc(NCC(COC)OC)nc1C. The van der Waals surface area contributed by atoms with Gasteiger partial charge in [0, 0.05) is 44.8 Å². The molecule has 1 heterocycles. The Kier molecular flexibility index (Phi) is 6.56. The minimum atomic E-state index is -0.00380. The summed E-state index contributed by atoms with van der Waals surface area (Å²) in [6, 6.07) is 0. The number of methoxy groups -OCH3 is 2. The van der Waals surface area contributed by atoms with Gasteiger partial charge in [-0.3, -0.25) is 0 Å². The lowest BCUT2D eigenvalue weighted by atomic mass is 10.2. The van der Waals surface area contributed by atoms with E-state index in [9.17, 15) is 0 Å². The number of ether oxygens (including phenoxy) is 2. The molecule has 0 radical (unpaired) electrons. The average Bonchev–Trinajstić information content (AvgIpc) is 2.37. The van der Waals surface area contributed by atoms with Crippen molar-refractivity contribution >= 4 is 5.95 Å². The molecule has 2 N–H and O–H groups in total. The van der Waals surface area contributed by atoms with Crippen LogP contribution in [0.25, 0.3) is 0 Å². The molecule has 0 aromatic carbocycles. The minimum absolute atomic E-state index is 0.00380. The van der Waals surface area contributed by atoms with Crippen LogP contribution in [0, 0.1) is 6.92 Å². The summed E-state index contributed by atoms with van der Waals surface area (Å²) >= 11 is 0. The molecule has 6 heteroatoms. The number of hydrogen-bond acceptors (Lipinski definition) is 6. The summed E-state index contributed by atoms with van der Waals surface area (Å²) in [4.78, 5) is 8.67. The van der Waals surface area contributed by atoms with Gasteiger partial charge in [0.05, 0.1) is 12.7 Å². The topological polar surface area (TPSA) is 68.3 Å². The lowest BCUT2D eigenvalue weighted by molar-refractivity contribution is 0.0365. The minimum Gasteiger partial charge on any atom is -0.382 e. The number of aromatic nitrogens is 2. The van der Waals surface area contributed by atoms with E-state index in [-0.39, 0.29) is 6.10 Å². The van der Waals surface area contributed by atoms with E-state index >= 15 is 0 Å². The number of aryl methyl sites for hydroxylation is 1. The molecular formula is C12H22N4O2. The summed E-state index contributed by atoms with van der Waals surface area (Å²) in [6.45, 7) is 3.91. The molecule has 0 aliphatic rings. The fourth-order valence-electron chi connectivity index (χ4n) is 1.54. The fraction of sp³-hybridized carbons (Fsp3) is 0.667. The molecule has 0 bridgehead atoms. The molecule has 1 rings (SSSR count). The van der Waals surface area contributed by atoms with Gasteiger partial charge in [0.2, 0.25) is 5.95 Å². The van der Waals surface area contributed by atoms with Gasteiger partial charge in [-0.05, 0) is 14.0 Å². The first-order chi connectivity index (χ1) is 8.71. The fourth-order valence-corrected chi connectivity index (χ4v) is 1.54. The summed E-state index contributed by atoms with van der Waals surface area (Å²) in [6.07, 6.45) is 1.83. The second-order valence-corrected chi connectivity index (χ2v) is 4.03. The van der Waals surface area contributed by atoms with Gasteiger partial charge >= 0.3 is 0 Å². The van der Waals surface area contributed by atoms with E-state index in [1.165, 1.54) is 0 Å². The van der Waals surface area contributed by atoms with Crippen molar-refractivity contribution in [1.29, 1.82) is 0 Å². The van der Waals surface area contributed by atoms with Crippen molar-refractivity contribution in [3.63, 3.8) is 0 Å². The number of nitrogens with one attached hydrogen (secondary N) is 2. The van der Waals surface area contributed by atoms with Crippen molar-refractivity contribution in [2.75, 3.05) is 39.7 Å². The smallest absolute Gasteiger partial charge is 0.222 e. The average molecular weight is 254 g/mol. The molecule has 1 aromatic rings. The van der Waals surface area contributed by atoms with Gasteiger partial charge in [0.15, 0.2) is 0 Å². The van der Waals surface area contributed by atoms with Gasteiger partial charge in [-0.1, -0.05) is 0 Å². The maximum atomic E-state index is 5.25. The molecule has 1 unspecified atom stereocenters. The molecular weight excluding hydrogens is 232 g/mol. The predicted molar refractivity (Wildman–Crippen MR) is 70.7 cm³/mol. The van der Waals surface area contributed by atoms with E-state index < -0.39 is 0 Å². The summed E-state index contributed by atoms with van der Waals surface area (Å²) in [5, 5.41) is 6.23. The molecule has 0 aliphatic heterocycles. The summed E-state index contributed by atoms with van der Waals surface area (Å²) in [5.41, 5.74) is 2.07. The molecule has 0 aliphatic carbocycles. The Balaban J connectivity index is 2.54. The van der Waals surface area contributed by atoms with Gasteiger partial charge in [-0.2, -0.15) is 0 Å².